The number of aliphatic hydroxyl groups is 1. The molecule has 1 amide bonds. The van der Waals surface area contributed by atoms with E-state index in [0.717, 1.165) is 12.1 Å². The first kappa shape index (κ1) is 28.5. The molecule has 1 aliphatic rings. The van der Waals surface area contributed by atoms with Gasteiger partial charge in [-0.05, 0) is 53.1 Å². The Morgan fingerprint density at radius 1 is 1.15 bits per heavy atom. The van der Waals surface area contributed by atoms with E-state index in [1.807, 2.05) is 0 Å². The van der Waals surface area contributed by atoms with Crippen LogP contribution in [0.15, 0.2) is 82.9 Å². The lowest BCUT2D eigenvalue weighted by Crippen LogP contribution is -2.48. The molecule has 0 aliphatic carbocycles. The van der Waals surface area contributed by atoms with Gasteiger partial charge in [0, 0.05) is 42.2 Å². The molecule has 0 radical (unpaired) electrons. The molecule has 3 aromatic carbocycles. The van der Waals surface area contributed by atoms with Crippen molar-refractivity contribution in [3.05, 3.63) is 105 Å². The Balaban J connectivity index is 1.61. The highest BCUT2D eigenvalue weighted by molar-refractivity contribution is 6.00. The molecule has 3 aromatic rings. The number of rotatable bonds is 11. The summed E-state index contributed by atoms with van der Waals surface area (Å²) in [6.45, 7) is 0.0693. The molecule has 0 bridgehead atoms. The van der Waals surface area contributed by atoms with Gasteiger partial charge in [0.15, 0.2) is 5.54 Å². The predicted molar refractivity (Wildman–Crippen MR) is 141 cm³/mol. The van der Waals surface area contributed by atoms with Gasteiger partial charge in [0.1, 0.15) is 12.4 Å². The van der Waals surface area contributed by atoms with Crippen LogP contribution in [0.4, 0.5) is 18.9 Å². The first-order valence-electron chi connectivity index (χ1n) is 12.4. The van der Waals surface area contributed by atoms with Crippen molar-refractivity contribution in [1.29, 1.82) is 0 Å². The number of hydrogen-bond donors (Lipinski definition) is 2. The topological polar surface area (TPSA) is 129 Å². The summed E-state index contributed by atoms with van der Waals surface area (Å²) < 4.78 is 50.9. The maximum atomic E-state index is 13.6. The number of alkyl halides is 3. The molecule has 0 fully saturated rings. The minimum Gasteiger partial charge on any atom is -0.494 e. The van der Waals surface area contributed by atoms with E-state index >= 15 is 0 Å². The average molecular weight is 554 g/mol. The molecule has 1 atom stereocenters. The van der Waals surface area contributed by atoms with Gasteiger partial charge in [-0.25, -0.2) is 4.99 Å². The van der Waals surface area contributed by atoms with Gasteiger partial charge >= 0.3 is 6.18 Å². The summed E-state index contributed by atoms with van der Waals surface area (Å²) in [5.74, 6) is 0.237. The van der Waals surface area contributed by atoms with Gasteiger partial charge in [0.2, 0.25) is 5.90 Å². The Kier molecular flexibility index (Phi) is 8.93. The Morgan fingerprint density at radius 3 is 2.65 bits per heavy atom. The fraction of sp³-hybridized carbons (Fsp3) is 0.286. The molecule has 0 saturated heterocycles. The molecular weight excluding hydrogens is 527 g/mol. The number of amides is 1. The van der Waals surface area contributed by atoms with Gasteiger partial charge in [0.25, 0.3) is 5.91 Å². The number of carbonyl (C=O) groups is 1. The molecule has 0 saturated carbocycles. The van der Waals surface area contributed by atoms with E-state index in [1.54, 1.807) is 48.5 Å². The average Bonchev–Trinajstić information content (AvgIpc) is 3.38. The Hall–Kier alpha value is -4.54. The van der Waals surface area contributed by atoms with Crippen LogP contribution in [0.1, 0.15) is 28.7 Å². The maximum absolute atomic E-state index is 13.6. The van der Waals surface area contributed by atoms with Crippen molar-refractivity contribution in [3.63, 3.8) is 0 Å². The van der Waals surface area contributed by atoms with Crippen LogP contribution in [-0.4, -0.2) is 42.3 Å². The molecule has 0 unspecified atom stereocenters. The van der Waals surface area contributed by atoms with Crippen LogP contribution in [-0.2, 0) is 28.7 Å². The molecule has 1 heterocycles. The molecule has 0 aromatic heterocycles. The third-order valence-corrected chi connectivity index (χ3v) is 6.19. The first-order valence-corrected chi connectivity index (χ1v) is 12.4. The minimum atomic E-state index is -4.51. The smallest absolute Gasteiger partial charge is 0.416 e. The molecule has 12 heteroatoms. The number of azide groups is 1. The fourth-order valence-electron chi connectivity index (χ4n) is 4.16. The highest BCUT2D eigenvalue weighted by Gasteiger charge is 2.45. The normalized spacial score (nSPS) is 16.4. The lowest BCUT2D eigenvalue weighted by atomic mass is 9.90. The van der Waals surface area contributed by atoms with Gasteiger partial charge in [-0.2, -0.15) is 13.2 Å². The minimum absolute atomic E-state index is 0.0163. The zero-order valence-electron chi connectivity index (χ0n) is 21.3. The van der Waals surface area contributed by atoms with Gasteiger partial charge < -0.3 is 19.9 Å². The second-order valence-electron chi connectivity index (χ2n) is 9.06. The third-order valence-electron chi connectivity index (χ3n) is 6.19. The van der Waals surface area contributed by atoms with Crippen molar-refractivity contribution in [2.75, 3.05) is 19.8 Å². The zero-order chi connectivity index (χ0) is 28.6. The van der Waals surface area contributed by atoms with Crippen LogP contribution in [0.2, 0.25) is 0 Å². The highest BCUT2D eigenvalue weighted by Crippen LogP contribution is 2.32. The van der Waals surface area contributed by atoms with E-state index in [0.29, 0.717) is 35.6 Å². The second kappa shape index (κ2) is 12.5. The number of halogens is 3. The number of nitrogens with one attached hydrogen (secondary N) is 1. The van der Waals surface area contributed by atoms with E-state index in [9.17, 15) is 18.0 Å². The Bertz CT molecular complexity index is 1420. The number of hydrogen-bond acceptors (Lipinski definition) is 6. The van der Waals surface area contributed by atoms with Gasteiger partial charge in [-0.1, -0.05) is 41.5 Å². The molecule has 208 valence electrons. The fourth-order valence-corrected chi connectivity index (χ4v) is 4.16. The summed E-state index contributed by atoms with van der Waals surface area (Å²) in [7, 11) is 0. The quantitative estimate of drug-likeness (QED) is 0.141. The number of aliphatic imine (C=N–C) groups is 1. The summed E-state index contributed by atoms with van der Waals surface area (Å²) >= 11 is 0. The monoisotopic (exact) mass is 553 g/mol. The number of carbonyl (C=O) groups excluding carboxylic acids is 1. The lowest BCUT2D eigenvalue weighted by molar-refractivity contribution is -0.137. The van der Waals surface area contributed by atoms with Crippen LogP contribution in [0.25, 0.3) is 10.4 Å². The number of ether oxygens (including phenoxy) is 2. The number of aliphatic hydroxyl groups excluding tert-OH is 1. The Labute approximate surface area is 227 Å². The molecule has 2 N–H and O–H groups in total. The Morgan fingerprint density at radius 2 is 1.93 bits per heavy atom. The molecule has 0 spiro atoms. The largest absolute Gasteiger partial charge is 0.494 e. The van der Waals surface area contributed by atoms with Crippen molar-refractivity contribution in [3.8, 4) is 5.75 Å². The zero-order valence-corrected chi connectivity index (χ0v) is 21.3. The van der Waals surface area contributed by atoms with Gasteiger partial charge in [-0.15, -0.1) is 0 Å². The molecule has 40 heavy (non-hydrogen) atoms. The van der Waals surface area contributed by atoms with E-state index in [4.69, 9.17) is 20.1 Å². The third kappa shape index (κ3) is 6.90. The van der Waals surface area contributed by atoms with E-state index < -0.39 is 23.2 Å². The summed E-state index contributed by atoms with van der Waals surface area (Å²) in [5.41, 5.74) is 8.41. The molecule has 1 aliphatic heterocycles. The van der Waals surface area contributed by atoms with Crippen molar-refractivity contribution < 1.29 is 32.5 Å². The van der Waals surface area contributed by atoms with Crippen molar-refractivity contribution >= 4 is 17.5 Å². The van der Waals surface area contributed by atoms with E-state index in [1.165, 1.54) is 12.1 Å². The summed E-state index contributed by atoms with van der Waals surface area (Å²) in [5, 5.41) is 15.3. The number of nitrogens with zero attached hydrogens (tertiary/aromatic N) is 4. The molecular formula is C28H26F3N5O4. The lowest BCUT2D eigenvalue weighted by Gasteiger charge is -2.24. The van der Waals surface area contributed by atoms with Crippen LogP contribution < -0.4 is 10.1 Å². The van der Waals surface area contributed by atoms with E-state index in [2.05, 4.69) is 20.3 Å². The molecule has 4 rings (SSSR count). The number of benzene rings is 3. The molecule has 9 nitrogen and oxygen atoms in total. The standard InChI is InChI=1S/C28H26F3N5O4/c29-28(30,31)22-7-3-5-19(15-22)17-33-26(38)27(16-21-6-1-2-8-24(21)35-36-32)18-40-25(34-27)20-9-11-23(12-10-20)39-14-4-13-37/h1-3,5-12,15,37H,4,13-14,16-18H2,(H,33,38)/t27-/m1/s1. The summed E-state index contributed by atoms with van der Waals surface area (Å²) in [6.07, 6.45) is -4.00. The second-order valence-corrected chi connectivity index (χ2v) is 9.06. The predicted octanol–water partition coefficient (Wildman–Crippen LogP) is 5.48. The summed E-state index contributed by atoms with van der Waals surface area (Å²) in [4.78, 5) is 21.1. The van der Waals surface area contributed by atoms with Gasteiger partial charge in [-0.3, -0.25) is 4.79 Å². The van der Waals surface area contributed by atoms with E-state index in [-0.39, 0.29) is 37.6 Å². The van der Waals surface area contributed by atoms with Crippen LogP contribution in [0.5, 0.6) is 5.75 Å². The van der Waals surface area contributed by atoms with Crippen molar-refractivity contribution in [2.24, 2.45) is 10.1 Å². The first-order chi connectivity index (χ1) is 19.2. The van der Waals surface area contributed by atoms with Crippen LogP contribution >= 0.6 is 0 Å². The van der Waals surface area contributed by atoms with Gasteiger partial charge in [0.05, 0.1) is 12.2 Å². The summed E-state index contributed by atoms with van der Waals surface area (Å²) in [6, 6.07) is 18.3. The van der Waals surface area contributed by atoms with Crippen LogP contribution in [0.3, 0.4) is 0 Å². The highest BCUT2D eigenvalue weighted by atomic mass is 19.4. The maximum Gasteiger partial charge on any atom is 0.416 e. The van der Waals surface area contributed by atoms with Crippen molar-refractivity contribution in [2.45, 2.75) is 31.1 Å². The van der Waals surface area contributed by atoms with Crippen LogP contribution in [0, 0.1) is 0 Å². The van der Waals surface area contributed by atoms with Crippen molar-refractivity contribution in [1.82, 2.24) is 5.32 Å². The SMILES string of the molecule is [N-]=[N+]=Nc1ccccc1C[C@]1(C(=O)NCc2cccc(C(F)(F)F)c2)COC(c2ccc(OCCCO)cc2)=N1.